The maximum absolute atomic E-state index is 3.11. The molecule has 0 aliphatic carbocycles. The quantitative estimate of drug-likeness (QED) is 0.301. The van der Waals surface area contributed by atoms with E-state index in [1.165, 1.54) is 15.9 Å². The monoisotopic (exact) mass is 477 g/mol. The fourth-order valence-electron chi connectivity index (χ4n) is 2.18. The molecule has 3 aromatic carbocycles. The van der Waals surface area contributed by atoms with Gasteiger partial charge in [-0.05, 0) is 23.8 Å². The smallest absolute Gasteiger partial charge is 0.205 e. The highest BCUT2D eigenvalue weighted by molar-refractivity contribution is 9.17. The summed E-state index contributed by atoms with van der Waals surface area (Å²) in [6.07, 6.45) is 0. The summed E-state index contributed by atoms with van der Waals surface area (Å²) in [5, 5.41) is 6.01. The molecule has 0 bridgehead atoms. The Morgan fingerprint density at radius 3 is 1.08 bits per heavy atom. The molecular weight excluding hydrogens is 457 g/mol. The minimum Gasteiger partial charge on any atom is -1.00 e. The Hall–Kier alpha value is -1.28. The summed E-state index contributed by atoms with van der Waals surface area (Å²) in [6.45, 7) is 0. The van der Waals surface area contributed by atoms with Gasteiger partial charge in [-0.1, -0.05) is 91.0 Å². The topological polar surface area (TPSA) is 3.01 Å². The van der Waals surface area contributed by atoms with Crippen molar-refractivity contribution in [2.75, 3.05) is 14.1 Å². The van der Waals surface area contributed by atoms with Crippen LogP contribution in [0.5, 0.6) is 0 Å². The van der Waals surface area contributed by atoms with Crippen LogP contribution in [0.1, 0.15) is 0 Å². The van der Waals surface area contributed by atoms with Crippen LogP contribution in [0.15, 0.2) is 91.0 Å². The SMILES string of the molecule is C[N+](C)=CBr.[Br-].c1ccc(P(c2ccccc2)c2ccccc2)cc1. The Morgan fingerprint density at radius 2 is 0.880 bits per heavy atom. The van der Waals surface area contributed by atoms with Gasteiger partial charge in [0.25, 0.3) is 0 Å². The molecule has 0 aliphatic heterocycles. The summed E-state index contributed by atoms with van der Waals surface area (Å²) >= 11 is 3.11. The van der Waals surface area contributed by atoms with E-state index in [-0.39, 0.29) is 17.0 Å². The van der Waals surface area contributed by atoms with Gasteiger partial charge in [-0.15, -0.1) is 0 Å². The van der Waals surface area contributed by atoms with Gasteiger partial charge >= 0.3 is 0 Å². The van der Waals surface area contributed by atoms with Crippen molar-refractivity contribution >= 4 is 44.9 Å². The fourth-order valence-corrected chi connectivity index (χ4v) is 4.48. The molecule has 0 N–H and O–H groups in total. The summed E-state index contributed by atoms with van der Waals surface area (Å²) in [7, 11) is 3.46. The molecule has 0 unspecified atom stereocenters. The summed E-state index contributed by atoms with van der Waals surface area (Å²) in [6, 6.07) is 32.3. The normalized spacial score (nSPS) is 9.44. The second kappa shape index (κ2) is 12.1. The molecule has 0 fully saturated rings. The Kier molecular flexibility index (Phi) is 10.6. The third-order valence-corrected chi connectivity index (χ3v) is 6.50. The highest BCUT2D eigenvalue weighted by atomic mass is 79.9. The van der Waals surface area contributed by atoms with E-state index in [0.29, 0.717) is 0 Å². The Morgan fingerprint density at radius 1 is 0.640 bits per heavy atom. The van der Waals surface area contributed by atoms with Crippen LogP contribution in [0.4, 0.5) is 0 Å². The van der Waals surface area contributed by atoms with Crippen LogP contribution in [0.25, 0.3) is 0 Å². The largest absolute Gasteiger partial charge is 1.00 e. The molecule has 0 heterocycles. The Balaban J connectivity index is 0.000000462. The average molecular weight is 479 g/mol. The first-order valence-electron chi connectivity index (χ1n) is 7.77. The molecule has 25 heavy (non-hydrogen) atoms. The van der Waals surface area contributed by atoms with Crippen molar-refractivity contribution in [1.29, 1.82) is 0 Å². The molecule has 4 heteroatoms. The van der Waals surface area contributed by atoms with Crippen molar-refractivity contribution in [2.24, 2.45) is 0 Å². The van der Waals surface area contributed by atoms with E-state index >= 15 is 0 Å². The van der Waals surface area contributed by atoms with Gasteiger partial charge in [-0.3, -0.25) is 0 Å². The molecule has 0 spiro atoms. The van der Waals surface area contributed by atoms with Gasteiger partial charge in [-0.2, -0.15) is 0 Å². The van der Waals surface area contributed by atoms with E-state index < -0.39 is 7.92 Å². The maximum atomic E-state index is 3.11. The van der Waals surface area contributed by atoms with Gasteiger partial charge in [0.1, 0.15) is 14.1 Å². The first-order chi connectivity index (χ1) is 11.7. The zero-order valence-corrected chi connectivity index (χ0v) is 18.5. The van der Waals surface area contributed by atoms with E-state index in [9.17, 15) is 0 Å². The van der Waals surface area contributed by atoms with Gasteiger partial charge in [0.2, 0.25) is 5.12 Å². The minimum absolute atomic E-state index is 0. The molecule has 0 aromatic heterocycles. The lowest BCUT2D eigenvalue weighted by atomic mass is 10.4. The molecule has 0 amide bonds. The van der Waals surface area contributed by atoms with Crippen molar-refractivity contribution in [3.8, 4) is 0 Å². The van der Waals surface area contributed by atoms with E-state index in [0.717, 1.165) is 0 Å². The summed E-state index contributed by atoms with van der Waals surface area (Å²) in [5.74, 6) is 0. The lowest BCUT2D eigenvalue weighted by Crippen LogP contribution is -3.00. The average Bonchev–Trinajstić information content (AvgIpc) is 2.65. The predicted octanol–water partition coefficient (Wildman–Crippen LogP) is 1.13. The molecule has 3 aromatic rings. The van der Waals surface area contributed by atoms with Crippen LogP contribution in [0.2, 0.25) is 0 Å². The lowest BCUT2D eigenvalue weighted by molar-refractivity contribution is -0.456. The van der Waals surface area contributed by atoms with Crippen molar-refractivity contribution in [3.63, 3.8) is 0 Å². The molecule has 130 valence electrons. The van der Waals surface area contributed by atoms with Gasteiger partial charge in [0.05, 0.1) is 0 Å². The van der Waals surface area contributed by atoms with Crippen LogP contribution in [-0.2, 0) is 0 Å². The number of hydrogen-bond acceptors (Lipinski definition) is 0. The van der Waals surface area contributed by atoms with Crippen LogP contribution < -0.4 is 32.9 Å². The maximum Gasteiger partial charge on any atom is 0.205 e. The molecule has 0 saturated heterocycles. The lowest BCUT2D eigenvalue weighted by Gasteiger charge is -2.18. The Bertz CT molecular complexity index is 649. The zero-order valence-electron chi connectivity index (χ0n) is 14.4. The van der Waals surface area contributed by atoms with Crippen molar-refractivity contribution in [1.82, 2.24) is 0 Å². The summed E-state index contributed by atoms with van der Waals surface area (Å²) < 4.78 is 1.92. The van der Waals surface area contributed by atoms with E-state index in [1.807, 2.05) is 23.8 Å². The summed E-state index contributed by atoms with van der Waals surface area (Å²) in [4.78, 5) is 0. The van der Waals surface area contributed by atoms with E-state index in [4.69, 9.17) is 0 Å². The van der Waals surface area contributed by atoms with Crippen molar-refractivity contribution < 1.29 is 21.6 Å². The predicted molar refractivity (Wildman–Crippen MR) is 112 cm³/mol. The van der Waals surface area contributed by atoms with Crippen LogP contribution in [0.3, 0.4) is 0 Å². The number of nitrogens with zero attached hydrogens (tertiary/aromatic N) is 1. The van der Waals surface area contributed by atoms with Crippen LogP contribution in [-0.4, -0.2) is 23.8 Å². The van der Waals surface area contributed by atoms with Crippen molar-refractivity contribution in [2.45, 2.75) is 0 Å². The highest BCUT2D eigenvalue weighted by Gasteiger charge is 2.14. The molecule has 1 nitrogen and oxygen atoms in total. The second-order valence-corrected chi connectivity index (χ2v) is 8.03. The van der Waals surface area contributed by atoms with Gasteiger partial charge < -0.3 is 17.0 Å². The summed E-state index contributed by atoms with van der Waals surface area (Å²) in [5.41, 5.74) is 0. The number of halogens is 2. The molecule has 3 rings (SSSR count). The third-order valence-electron chi connectivity index (χ3n) is 3.24. The first kappa shape index (κ1) is 21.8. The molecule has 0 atom stereocenters. The molecule has 0 saturated carbocycles. The number of rotatable bonds is 3. The fraction of sp³-hybridized carbons (Fsp3) is 0.0952. The van der Waals surface area contributed by atoms with Crippen molar-refractivity contribution in [3.05, 3.63) is 91.0 Å². The molecule has 0 radical (unpaired) electrons. The van der Waals surface area contributed by atoms with Gasteiger partial charge in [0.15, 0.2) is 0 Å². The number of benzene rings is 3. The second-order valence-electron chi connectivity index (χ2n) is 5.40. The number of hydrogen-bond donors (Lipinski definition) is 0. The third kappa shape index (κ3) is 7.23. The zero-order chi connectivity index (χ0) is 17.2. The van der Waals surface area contributed by atoms with Gasteiger partial charge in [-0.25, -0.2) is 4.58 Å². The standard InChI is InChI=1S/C18H15P.C3H7BrN.BrH/c1-4-10-16(11-5-1)19(17-12-6-2-7-13-17)18-14-8-3-9-15-18;1-5(2)3-4;/h1-15H;3H,1-2H3;1H/q;+1;/p-1. The van der Waals surface area contributed by atoms with Crippen LogP contribution in [0, 0.1) is 0 Å². The Labute approximate surface area is 171 Å². The molecule has 0 aliphatic rings. The van der Waals surface area contributed by atoms with Gasteiger partial charge in [0, 0.05) is 15.9 Å². The minimum atomic E-state index is -0.446. The highest BCUT2D eigenvalue weighted by Crippen LogP contribution is 2.32. The first-order valence-corrected chi connectivity index (χ1v) is 10.0. The van der Waals surface area contributed by atoms with E-state index in [1.54, 1.807) is 0 Å². The molecular formula is C21H22Br2NP. The van der Waals surface area contributed by atoms with E-state index in [2.05, 4.69) is 107 Å². The van der Waals surface area contributed by atoms with Crippen LogP contribution >= 0.6 is 23.9 Å².